The van der Waals surface area contributed by atoms with Gasteiger partial charge >= 0.3 is 5.69 Å². The van der Waals surface area contributed by atoms with Crippen LogP contribution in [-0.2, 0) is 0 Å². The SMILES string of the molecule is Cc1nc(NC2(CCl)CCC2)cc2n[nH]c(=O)n12. The van der Waals surface area contributed by atoms with E-state index < -0.39 is 0 Å². The summed E-state index contributed by atoms with van der Waals surface area (Å²) < 4.78 is 1.44. The molecule has 0 unspecified atom stereocenters. The van der Waals surface area contributed by atoms with Crippen molar-refractivity contribution in [1.29, 1.82) is 0 Å². The zero-order valence-corrected chi connectivity index (χ0v) is 10.8. The van der Waals surface area contributed by atoms with Crippen LogP contribution in [0.4, 0.5) is 5.82 Å². The Morgan fingerprint density at radius 2 is 2.39 bits per heavy atom. The second-order valence-electron chi connectivity index (χ2n) is 4.80. The predicted octanol–water partition coefficient (Wildman–Crippen LogP) is 1.30. The van der Waals surface area contributed by atoms with Crippen LogP contribution in [0, 0.1) is 6.92 Å². The molecule has 0 saturated heterocycles. The van der Waals surface area contributed by atoms with Crippen LogP contribution in [0.2, 0.25) is 0 Å². The largest absolute Gasteiger partial charge is 0.363 e. The minimum Gasteiger partial charge on any atom is -0.363 e. The molecule has 96 valence electrons. The van der Waals surface area contributed by atoms with Crippen molar-refractivity contribution in [3.8, 4) is 0 Å². The molecule has 0 amide bonds. The number of rotatable bonds is 3. The van der Waals surface area contributed by atoms with Gasteiger partial charge in [0.2, 0.25) is 0 Å². The van der Waals surface area contributed by atoms with Gasteiger partial charge in [-0.05, 0) is 26.2 Å². The Bertz CT molecular complexity index is 637. The molecule has 6 nitrogen and oxygen atoms in total. The van der Waals surface area contributed by atoms with Crippen molar-refractivity contribution in [2.75, 3.05) is 11.2 Å². The van der Waals surface area contributed by atoms with E-state index in [9.17, 15) is 4.79 Å². The van der Waals surface area contributed by atoms with Gasteiger partial charge in [0, 0.05) is 11.9 Å². The fourth-order valence-electron chi connectivity index (χ4n) is 2.33. The van der Waals surface area contributed by atoms with E-state index >= 15 is 0 Å². The lowest BCUT2D eigenvalue weighted by molar-refractivity contribution is 0.310. The summed E-state index contributed by atoms with van der Waals surface area (Å²) in [6.07, 6.45) is 3.29. The normalized spacial score (nSPS) is 17.7. The monoisotopic (exact) mass is 267 g/mol. The van der Waals surface area contributed by atoms with Gasteiger partial charge in [0.15, 0.2) is 5.65 Å². The zero-order valence-electron chi connectivity index (χ0n) is 10.0. The Morgan fingerprint density at radius 3 is 3.00 bits per heavy atom. The molecule has 2 heterocycles. The highest BCUT2D eigenvalue weighted by molar-refractivity contribution is 6.19. The summed E-state index contributed by atoms with van der Waals surface area (Å²) in [5.41, 5.74) is 0.256. The Morgan fingerprint density at radius 1 is 1.61 bits per heavy atom. The van der Waals surface area contributed by atoms with Crippen molar-refractivity contribution >= 4 is 23.1 Å². The van der Waals surface area contributed by atoms with Crippen molar-refractivity contribution in [2.45, 2.75) is 31.7 Å². The van der Waals surface area contributed by atoms with Gasteiger partial charge < -0.3 is 5.32 Å². The topological polar surface area (TPSA) is 75.1 Å². The van der Waals surface area contributed by atoms with E-state index in [2.05, 4.69) is 20.5 Å². The molecule has 0 aliphatic heterocycles. The predicted molar refractivity (Wildman–Crippen MR) is 69.3 cm³/mol. The van der Waals surface area contributed by atoms with Gasteiger partial charge in [0.1, 0.15) is 11.6 Å². The van der Waals surface area contributed by atoms with Crippen LogP contribution in [-0.4, -0.2) is 31.0 Å². The third-order valence-corrected chi connectivity index (χ3v) is 4.04. The molecule has 3 rings (SSSR count). The first kappa shape index (κ1) is 11.5. The van der Waals surface area contributed by atoms with E-state index in [1.54, 1.807) is 13.0 Å². The third kappa shape index (κ3) is 1.68. The van der Waals surface area contributed by atoms with Crippen molar-refractivity contribution in [1.82, 2.24) is 19.6 Å². The highest BCUT2D eigenvalue weighted by atomic mass is 35.5. The van der Waals surface area contributed by atoms with Gasteiger partial charge in [-0.1, -0.05) is 0 Å². The van der Waals surface area contributed by atoms with E-state index in [0.717, 1.165) is 18.7 Å². The second-order valence-corrected chi connectivity index (χ2v) is 5.07. The fraction of sp³-hybridized carbons (Fsp3) is 0.545. The summed E-state index contributed by atoms with van der Waals surface area (Å²) in [5.74, 6) is 1.89. The van der Waals surface area contributed by atoms with Crippen LogP contribution in [0.15, 0.2) is 10.9 Å². The van der Waals surface area contributed by atoms with Crippen molar-refractivity contribution in [2.24, 2.45) is 0 Å². The maximum atomic E-state index is 11.5. The first-order valence-corrected chi connectivity index (χ1v) is 6.46. The molecular formula is C11H14ClN5O. The number of hydrogen-bond acceptors (Lipinski definition) is 4. The number of alkyl halides is 1. The smallest absolute Gasteiger partial charge is 0.349 e. The van der Waals surface area contributed by atoms with Gasteiger partial charge in [-0.2, -0.15) is 5.10 Å². The highest BCUT2D eigenvalue weighted by Gasteiger charge is 2.36. The van der Waals surface area contributed by atoms with Crippen LogP contribution < -0.4 is 11.0 Å². The average Bonchev–Trinajstić information content (AvgIpc) is 2.66. The molecule has 7 heteroatoms. The lowest BCUT2D eigenvalue weighted by Crippen LogP contribution is -2.47. The Kier molecular flexibility index (Phi) is 2.55. The number of aromatic nitrogens is 4. The van der Waals surface area contributed by atoms with Gasteiger partial charge in [0.25, 0.3) is 0 Å². The first-order valence-electron chi connectivity index (χ1n) is 5.92. The Balaban J connectivity index is 2.00. The lowest BCUT2D eigenvalue weighted by Gasteiger charge is -2.41. The Labute approximate surface area is 108 Å². The molecule has 1 aliphatic carbocycles. The molecular weight excluding hydrogens is 254 g/mol. The average molecular weight is 268 g/mol. The van der Waals surface area contributed by atoms with Gasteiger partial charge in [0.05, 0.1) is 5.54 Å². The van der Waals surface area contributed by atoms with Gasteiger partial charge in [-0.3, -0.25) is 0 Å². The number of aryl methyl sites for hydroxylation is 1. The van der Waals surface area contributed by atoms with Crippen molar-refractivity contribution < 1.29 is 0 Å². The molecule has 0 spiro atoms. The number of halogens is 1. The molecule has 0 atom stereocenters. The molecule has 18 heavy (non-hydrogen) atoms. The number of fused-ring (bicyclic) bond motifs is 1. The summed E-state index contributed by atoms with van der Waals surface area (Å²) in [6.45, 7) is 1.78. The zero-order chi connectivity index (χ0) is 12.8. The van der Waals surface area contributed by atoms with E-state index in [4.69, 9.17) is 11.6 Å². The molecule has 0 bridgehead atoms. The minimum atomic E-state index is -0.266. The van der Waals surface area contributed by atoms with Crippen molar-refractivity contribution in [3.63, 3.8) is 0 Å². The Hall–Kier alpha value is -1.56. The number of hydrogen-bond donors (Lipinski definition) is 2. The van der Waals surface area contributed by atoms with Crippen molar-refractivity contribution in [3.05, 3.63) is 22.4 Å². The third-order valence-electron chi connectivity index (χ3n) is 3.53. The highest BCUT2D eigenvalue weighted by Crippen LogP contribution is 2.35. The molecule has 2 N–H and O–H groups in total. The maximum absolute atomic E-state index is 11.5. The number of nitrogens with zero attached hydrogens (tertiary/aromatic N) is 3. The molecule has 2 aromatic rings. The summed E-state index contributed by atoms with van der Waals surface area (Å²) in [6, 6.07) is 1.76. The van der Waals surface area contributed by atoms with Gasteiger partial charge in [-0.15, -0.1) is 11.6 Å². The molecule has 1 saturated carbocycles. The fourth-order valence-corrected chi connectivity index (χ4v) is 2.66. The van der Waals surface area contributed by atoms with E-state index in [-0.39, 0.29) is 11.2 Å². The number of nitrogens with one attached hydrogen (secondary N) is 2. The van der Waals surface area contributed by atoms with Crippen LogP contribution in [0.3, 0.4) is 0 Å². The van der Waals surface area contributed by atoms with Gasteiger partial charge in [-0.25, -0.2) is 19.3 Å². The first-order chi connectivity index (χ1) is 8.63. The number of anilines is 1. The van der Waals surface area contributed by atoms with Crippen LogP contribution in [0.1, 0.15) is 25.1 Å². The van der Waals surface area contributed by atoms with Crippen LogP contribution >= 0.6 is 11.6 Å². The summed E-state index contributed by atoms with van der Waals surface area (Å²) in [5, 5.41) is 9.74. The summed E-state index contributed by atoms with van der Waals surface area (Å²) in [4.78, 5) is 15.9. The number of H-pyrrole nitrogens is 1. The van der Waals surface area contributed by atoms with Crippen LogP contribution in [0.5, 0.6) is 0 Å². The summed E-state index contributed by atoms with van der Waals surface area (Å²) in [7, 11) is 0. The second kappa shape index (κ2) is 3.98. The van der Waals surface area contributed by atoms with Crippen LogP contribution in [0.25, 0.3) is 5.65 Å². The van der Waals surface area contributed by atoms with E-state index in [0.29, 0.717) is 17.4 Å². The molecule has 0 radical (unpaired) electrons. The maximum Gasteiger partial charge on any atom is 0.349 e. The molecule has 0 aromatic carbocycles. The lowest BCUT2D eigenvalue weighted by atomic mass is 9.78. The standard InChI is InChI=1S/C11H14ClN5O/c1-7-13-8(14-11(6-12)3-2-4-11)5-9-15-16-10(18)17(7)9/h5,14H,2-4,6H2,1H3,(H,16,18). The minimum absolute atomic E-state index is 0.0457. The summed E-state index contributed by atoms with van der Waals surface area (Å²) >= 11 is 6.00. The van der Waals surface area contributed by atoms with E-state index in [1.165, 1.54) is 10.8 Å². The van der Waals surface area contributed by atoms with E-state index in [1.807, 2.05) is 0 Å². The molecule has 1 aliphatic rings. The molecule has 1 fully saturated rings. The number of aromatic amines is 1. The quantitative estimate of drug-likeness (QED) is 0.822. The molecule has 2 aromatic heterocycles.